The molecule has 0 aliphatic heterocycles. The van der Waals surface area contributed by atoms with Crippen LogP contribution in [0.4, 0.5) is 5.69 Å². The van der Waals surface area contributed by atoms with Crippen LogP contribution in [0.1, 0.15) is 81.7 Å². The number of hydrogen-bond acceptors (Lipinski definition) is 2. The van der Waals surface area contributed by atoms with E-state index in [0.29, 0.717) is 18.0 Å². The van der Waals surface area contributed by atoms with E-state index < -0.39 is 0 Å². The third-order valence-electron chi connectivity index (χ3n) is 6.87. The van der Waals surface area contributed by atoms with Crippen molar-refractivity contribution in [1.29, 1.82) is 0 Å². The number of nitrogens with two attached hydrogens (primary N) is 1. The zero-order valence-electron chi connectivity index (χ0n) is 17.0. The summed E-state index contributed by atoms with van der Waals surface area (Å²) in [5, 5.41) is 5.05. The van der Waals surface area contributed by atoms with E-state index in [2.05, 4.69) is 33.1 Å². The maximum Gasteiger partial charge on any atom is 0.187 e. The van der Waals surface area contributed by atoms with E-state index in [1.807, 2.05) is 6.07 Å². The molecule has 3 N–H and O–H groups in total. The number of hydrogen-bond donors (Lipinski definition) is 2. The van der Waals surface area contributed by atoms with Gasteiger partial charge in [0.1, 0.15) is 0 Å². The first kappa shape index (κ1) is 19.5. The summed E-state index contributed by atoms with van der Waals surface area (Å²) in [7, 11) is 0. The van der Waals surface area contributed by atoms with Crippen LogP contribution >= 0.6 is 0 Å². The summed E-state index contributed by atoms with van der Waals surface area (Å²) in [6, 6.07) is 7.56. The minimum atomic E-state index is 0.595. The average Bonchev–Trinajstić information content (AvgIpc) is 3.13. The van der Waals surface area contributed by atoms with E-state index in [9.17, 15) is 0 Å². The average molecular weight is 379 g/mol. The van der Waals surface area contributed by atoms with Gasteiger partial charge in [0.2, 0.25) is 0 Å². The van der Waals surface area contributed by atoms with Crippen LogP contribution in [0.3, 0.4) is 0 Å². The van der Waals surface area contributed by atoms with E-state index in [1.54, 1.807) is 0 Å². The van der Waals surface area contributed by atoms with Crippen molar-refractivity contribution >= 4 is 16.6 Å². The first-order chi connectivity index (χ1) is 13.8. The molecule has 1 aromatic carbocycles. The fourth-order valence-corrected chi connectivity index (χ4v) is 5.39. The predicted molar refractivity (Wildman–Crippen MR) is 117 cm³/mol. The molecular formula is C24H34N4. The molecule has 0 spiro atoms. The Kier molecular flexibility index (Phi) is 6.34. The first-order valence-electron chi connectivity index (χ1n) is 11.3. The van der Waals surface area contributed by atoms with Gasteiger partial charge in [-0.25, -0.2) is 4.85 Å². The quantitative estimate of drug-likeness (QED) is 0.503. The molecule has 4 nitrogen and oxygen atoms in total. The van der Waals surface area contributed by atoms with Crippen molar-refractivity contribution in [2.24, 2.45) is 5.73 Å². The summed E-state index contributed by atoms with van der Waals surface area (Å²) in [5.41, 5.74) is 9.25. The third-order valence-corrected chi connectivity index (χ3v) is 6.87. The van der Waals surface area contributed by atoms with Crippen molar-refractivity contribution in [2.45, 2.75) is 82.2 Å². The largest absolute Gasteiger partial charge is 0.344 e. The predicted octanol–water partition coefficient (Wildman–Crippen LogP) is 5.66. The van der Waals surface area contributed by atoms with Gasteiger partial charge in [0.05, 0.1) is 6.57 Å². The Labute approximate surface area is 169 Å². The SMILES string of the molecule is [C-]#[N+]c1ccc2c(c1)c(C1CCCC(NCCCN)C1)cn2C1CCCCC1. The van der Waals surface area contributed by atoms with Gasteiger partial charge >= 0.3 is 0 Å². The highest BCUT2D eigenvalue weighted by atomic mass is 15.0. The minimum absolute atomic E-state index is 0.595. The Balaban J connectivity index is 1.64. The van der Waals surface area contributed by atoms with Gasteiger partial charge in [-0.3, -0.25) is 0 Å². The van der Waals surface area contributed by atoms with Crippen LogP contribution in [-0.4, -0.2) is 23.7 Å². The molecule has 1 aromatic heterocycles. The van der Waals surface area contributed by atoms with E-state index in [-0.39, 0.29) is 0 Å². The summed E-state index contributed by atoms with van der Waals surface area (Å²) in [4.78, 5) is 3.71. The van der Waals surface area contributed by atoms with Gasteiger partial charge in [-0.1, -0.05) is 31.7 Å². The molecule has 4 heteroatoms. The highest BCUT2D eigenvalue weighted by Crippen LogP contribution is 2.41. The molecule has 2 fully saturated rings. The number of rotatable bonds is 6. The Morgan fingerprint density at radius 1 is 1.11 bits per heavy atom. The normalized spacial score (nSPS) is 23.7. The van der Waals surface area contributed by atoms with Crippen molar-refractivity contribution in [2.75, 3.05) is 13.1 Å². The van der Waals surface area contributed by atoms with Gasteiger partial charge in [0.15, 0.2) is 5.69 Å². The fraction of sp³-hybridized carbons (Fsp3) is 0.625. The zero-order chi connectivity index (χ0) is 19.3. The lowest BCUT2D eigenvalue weighted by Gasteiger charge is -2.30. The van der Waals surface area contributed by atoms with E-state index in [1.165, 1.54) is 74.3 Å². The lowest BCUT2D eigenvalue weighted by Crippen LogP contribution is -2.34. The molecule has 0 radical (unpaired) electrons. The smallest absolute Gasteiger partial charge is 0.187 e. The summed E-state index contributed by atoms with van der Waals surface area (Å²) >= 11 is 0. The molecule has 2 unspecified atom stereocenters. The number of benzene rings is 1. The number of nitrogens with one attached hydrogen (secondary N) is 1. The second-order valence-corrected chi connectivity index (χ2v) is 8.75. The standard InChI is InChI=1S/C24H34N4/c1-26-19-11-12-24-22(16-19)23(17-28(24)21-9-3-2-4-10-21)18-7-5-8-20(15-18)27-14-6-13-25/h11-12,16-18,20-21,27H,2-10,13-15,25H2. The second-order valence-electron chi connectivity index (χ2n) is 8.75. The molecule has 4 rings (SSSR count). The molecule has 2 saturated carbocycles. The molecular weight excluding hydrogens is 344 g/mol. The van der Waals surface area contributed by atoms with Crippen LogP contribution in [-0.2, 0) is 0 Å². The van der Waals surface area contributed by atoms with E-state index in [4.69, 9.17) is 12.3 Å². The highest BCUT2D eigenvalue weighted by molar-refractivity contribution is 5.88. The maximum atomic E-state index is 7.46. The molecule has 0 saturated heterocycles. The molecule has 1 heterocycles. The van der Waals surface area contributed by atoms with Crippen LogP contribution in [0.15, 0.2) is 24.4 Å². The molecule has 2 aromatic rings. The van der Waals surface area contributed by atoms with Crippen LogP contribution in [0.5, 0.6) is 0 Å². The van der Waals surface area contributed by atoms with E-state index in [0.717, 1.165) is 25.2 Å². The molecule has 0 amide bonds. The highest BCUT2D eigenvalue weighted by Gasteiger charge is 2.27. The Morgan fingerprint density at radius 2 is 1.96 bits per heavy atom. The molecule has 0 bridgehead atoms. The first-order valence-corrected chi connectivity index (χ1v) is 11.3. The van der Waals surface area contributed by atoms with Gasteiger partial charge in [-0.15, -0.1) is 0 Å². The van der Waals surface area contributed by atoms with Crippen molar-refractivity contribution in [3.05, 3.63) is 41.4 Å². The molecule has 150 valence electrons. The Morgan fingerprint density at radius 3 is 2.75 bits per heavy atom. The Bertz CT molecular complexity index is 825. The number of nitrogens with zero attached hydrogens (tertiary/aromatic N) is 2. The van der Waals surface area contributed by atoms with Crippen LogP contribution < -0.4 is 11.1 Å². The molecule has 2 atom stereocenters. The van der Waals surface area contributed by atoms with Gasteiger partial charge in [0.25, 0.3) is 0 Å². The topological polar surface area (TPSA) is 47.3 Å². The maximum absolute atomic E-state index is 7.46. The lowest BCUT2D eigenvalue weighted by molar-refractivity contribution is 0.337. The summed E-state index contributed by atoms with van der Waals surface area (Å²) in [6.07, 6.45) is 15.2. The van der Waals surface area contributed by atoms with Gasteiger partial charge in [0, 0.05) is 23.8 Å². The molecule has 2 aliphatic rings. The van der Waals surface area contributed by atoms with Crippen LogP contribution in [0.25, 0.3) is 15.7 Å². The Hall–Kier alpha value is -1.83. The third kappa shape index (κ3) is 4.11. The second kappa shape index (κ2) is 9.11. The van der Waals surface area contributed by atoms with E-state index >= 15 is 0 Å². The van der Waals surface area contributed by atoms with Crippen molar-refractivity contribution in [3.8, 4) is 0 Å². The number of aromatic nitrogens is 1. The van der Waals surface area contributed by atoms with Crippen molar-refractivity contribution in [3.63, 3.8) is 0 Å². The molecule has 28 heavy (non-hydrogen) atoms. The fourth-order valence-electron chi connectivity index (χ4n) is 5.39. The summed E-state index contributed by atoms with van der Waals surface area (Å²) in [5.74, 6) is 0.595. The van der Waals surface area contributed by atoms with Gasteiger partial charge < -0.3 is 15.6 Å². The van der Waals surface area contributed by atoms with Gasteiger partial charge in [-0.05, 0) is 80.6 Å². The molecule has 2 aliphatic carbocycles. The lowest BCUT2D eigenvalue weighted by atomic mass is 9.81. The minimum Gasteiger partial charge on any atom is -0.344 e. The number of fused-ring (bicyclic) bond motifs is 1. The van der Waals surface area contributed by atoms with Crippen LogP contribution in [0, 0.1) is 6.57 Å². The van der Waals surface area contributed by atoms with Crippen molar-refractivity contribution in [1.82, 2.24) is 9.88 Å². The van der Waals surface area contributed by atoms with Crippen molar-refractivity contribution < 1.29 is 0 Å². The summed E-state index contributed by atoms with van der Waals surface area (Å²) in [6.45, 7) is 9.25. The summed E-state index contributed by atoms with van der Waals surface area (Å²) < 4.78 is 2.56. The van der Waals surface area contributed by atoms with Gasteiger partial charge in [-0.2, -0.15) is 0 Å². The van der Waals surface area contributed by atoms with Crippen LogP contribution in [0.2, 0.25) is 0 Å². The monoisotopic (exact) mass is 378 g/mol. The zero-order valence-corrected chi connectivity index (χ0v) is 17.0.